The first kappa shape index (κ1) is 15.5. The lowest BCUT2D eigenvalue weighted by atomic mass is 10.3. The molecule has 0 atom stereocenters. The fourth-order valence-corrected chi connectivity index (χ4v) is 3.68. The van der Waals surface area contributed by atoms with Crippen LogP contribution in [-0.4, -0.2) is 15.0 Å². The van der Waals surface area contributed by atoms with Gasteiger partial charge >= 0.3 is 0 Å². The van der Waals surface area contributed by atoms with E-state index in [-0.39, 0.29) is 11.0 Å². The summed E-state index contributed by atoms with van der Waals surface area (Å²) in [5.74, 6) is -1.94. The minimum atomic E-state index is -3.96. The Bertz CT molecular complexity index is 497. The molecular formula is C11H14BrF2NO2S. The van der Waals surface area contributed by atoms with Crippen LogP contribution >= 0.6 is 15.9 Å². The van der Waals surface area contributed by atoms with Gasteiger partial charge in [-0.2, -0.15) is 0 Å². The smallest absolute Gasteiger partial charge is 0.211 e. The second-order valence-electron chi connectivity index (χ2n) is 3.80. The quantitative estimate of drug-likeness (QED) is 0.807. The third kappa shape index (κ3) is 4.00. The van der Waals surface area contributed by atoms with Crippen LogP contribution in [0, 0.1) is 11.6 Å². The average molecular weight is 342 g/mol. The molecule has 0 radical (unpaired) electrons. The lowest BCUT2D eigenvalue weighted by Crippen LogP contribution is -2.26. The highest BCUT2D eigenvalue weighted by Crippen LogP contribution is 2.26. The lowest BCUT2D eigenvalue weighted by molar-refractivity contribution is 0.539. The van der Waals surface area contributed by atoms with E-state index in [4.69, 9.17) is 0 Å². The maximum absolute atomic E-state index is 13.5. The third-order valence-corrected chi connectivity index (χ3v) is 4.73. The van der Waals surface area contributed by atoms with Crippen LogP contribution in [0.2, 0.25) is 0 Å². The van der Waals surface area contributed by atoms with Crippen molar-refractivity contribution >= 4 is 26.0 Å². The highest BCUT2D eigenvalue weighted by atomic mass is 79.9. The summed E-state index contributed by atoms with van der Waals surface area (Å²) in [6.45, 7) is 2.23. The molecule has 0 bridgehead atoms. The summed E-state index contributed by atoms with van der Waals surface area (Å²) >= 11 is 2.86. The van der Waals surface area contributed by atoms with Crippen molar-refractivity contribution in [2.24, 2.45) is 0 Å². The van der Waals surface area contributed by atoms with Gasteiger partial charge in [0.05, 0.1) is 0 Å². The van der Waals surface area contributed by atoms with Gasteiger partial charge in [-0.25, -0.2) is 21.9 Å². The van der Waals surface area contributed by atoms with Crippen LogP contribution in [-0.2, 0) is 10.0 Å². The number of unbranched alkanes of at least 4 members (excludes halogenated alkanes) is 2. The Balaban J connectivity index is 2.92. The van der Waals surface area contributed by atoms with Gasteiger partial charge in [-0.1, -0.05) is 19.8 Å². The van der Waals surface area contributed by atoms with Crippen molar-refractivity contribution in [2.45, 2.75) is 31.1 Å². The van der Waals surface area contributed by atoms with E-state index >= 15 is 0 Å². The Labute approximate surface area is 114 Å². The largest absolute Gasteiger partial charge is 0.244 e. The average Bonchev–Trinajstić information content (AvgIpc) is 2.22. The normalized spacial score (nSPS) is 11.8. The molecule has 0 unspecified atom stereocenters. The van der Waals surface area contributed by atoms with Crippen molar-refractivity contribution in [1.29, 1.82) is 0 Å². The van der Waals surface area contributed by atoms with Crippen LogP contribution < -0.4 is 4.72 Å². The summed E-state index contributed by atoms with van der Waals surface area (Å²) in [6.07, 6.45) is 2.52. The first-order valence-electron chi connectivity index (χ1n) is 5.52. The Morgan fingerprint density at radius 3 is 2.50 bits per heavy atom. The molecule has 1 rings (SSSR count). The zero-order valence-electron chi connectivity index (χ0n) is 9.84. The zero-order chi connectivity index (χ0) is 13.8. The van der Waals surface area contributed by atoms with Gasteiger partial charge in [-0.15, -0.1) is 0 Å². The number of hydrogen-bond donors (Lipinski definition) is 1. The predicted molar refractivity (Wildman–Crippen MR) is 68.8 cm³/mol. The predicted octanol–water partition coefficient (Wildman–Crippen LogP) is 3.20. The number of halogens is 3. The molecule has 0 saturated carbocycles. The molecule has 0 aromatic heterocycles. The molecule has 0 saturated heterocycles. The second-order valence-corrected chi connectivity index (χ2v) is 6.36. The molecule has 1 aromatic carbocycles. The Morgan fingerprint density at radius 1 is 1.28 bits per heavy atom. The van der Waals surface area contributed by atoms with Crippen LogP contribution in [0.15, 0.2) is 21.5 Å². The van der Waals surface area contributed by atoms with Gasteiger partial charge in [0.2, 0.25) is 10.0 Å². The molecule has 1 aromatic rings. The van der Waals surface area contributed by atoms with E-state index in [0.717, 1.165) is 18.9 Å². The number of nitrogens with one attached hydrogen (secondary N) is 1. The van der Waals surface area contributed by atoms with Crippen molar-refractivity contribution in [1.82, 2.24) is 4.72 Å². The maximum atomic E-state index is 13.5. The van der Waals surface area contributed by atoms with Crippen LogP contribution in [0.4, 0.5) is 8.78 Å². The Morgan fingerprint density at radius 2 is 1.94 bits per heavy atom. The molecule has 3 nitrogen and oxygen atoms in total. The monoisotopic (exact) mass is 341 g/mol. The fraction of sp³-hybridized carbons (Fsp3) is 0.455. The van der Waals surface area contributed by atoms with E-state index in [1.165, 1.54) is 0 Å². The molecule has 7 heteroatoms. The Hall–Kier alpha value is -0.530. The molecule has 0 aliphatic heterocycles. The fourth-order valence-electron chi connectivity index (χ4n) is 1.44. The third-order valence-electron chi connectivity index (χ3n) is 2.30. The summed E-state index contributed by atoms with van der Waals surface area (Å²) in [7, 11) is -3.96. The number of rotatable bonds is 6. The second kappa shape index (κ2) is 6.58. The van der Waals surface area contributed by atoms with E-state index < -0.39 is 26.6 Å². The van der Waals surface area contributed by atoms with Gasteiger partial charge in [0.1, 0.15) is 16.5 Å². The van der Waals surface area contributed by atoms with Gasteiger partial charge in [-0.3, -0.25) is 0 Å². The highest BCUT2D eigenvalue weighted by molar-refractivity contribution is 9.10. The molecule has 0 aliphatic rings. The van der Waals surface area contributed by atoms with E-state index in [2.05, 4.69) is 20.7 Å². The summed E-state index contributed by atoms with van der Waals surface area (Å²) in [4.78, 5) is -0.555. The van der Waals surface area contributed by atoms with E-state index in [1.54, 1.807) is 0 Å². The topological polar surface area (TPSA) is 46.2 Å². The van der Waals surface area contributed by atoms with Crippen molar-refractivity contribution in [2.75, 3.05) is 6.54 Å². The van der Waals surface area contributed by atoms with Gasteiger partial charge in [0, 0.05) is 17.1 Å². The standard InChI is InChI=1S/C11H14BrF2NO2S/c1-2-3-4-5-15-18(16,17)11-9(12)6-8(13)7-10(11)14/h6-7,15H,2-5H2,1H3. The van der Waals surface area contributed by atoms with E-state index in [9.17, 15) is 17.2 Å². The molecule has 0 heterocycles. The summed E-state index contributed by atoms with van der Waals surface area (Å²) in [6, 6.07) is 1.47. The first-order chi connectivity index (χ1) is 8.38. The van der Waals surface area contributed by atoms with E-state index in [1.807, 2.05) is 6.92 Å². The minimum absolute atomic E-state index is 0.122. The van der Waals surface area contributed by atoms with Crippen molar-refractivity contribution < 1.29 is 17.2 Å². The molecule has 0 spiro atoms. The van der Waals surface area contributed by atoms with Crippen molar-refractivity contribution in [3.8, 4) is 0 Å². The van der Waals surface area contributed by atoms with Gasteiger partial charge in [-0.05, 0) is 28.4 Å². The SMILES string of the molecule is CCCCCNS(=O)(=O)c1c(F)cc(F)cc1Br. The van der Waals surface area contributed by atoms with Crippen LogP contribution in [0.5, 0.6) is 0 Å². The number of benzene rings is 1. The number of hydrogen-bond acceptors (Lipinski definition) is 2. The van der Waals surface area contributed by atoms with Crippen LogP contribution in [0.3, 0.4) is 0 Å². The number of sulfonamides is 1. The van der Waals surface area contributed by atoms with Gasteiger partial charge < -0.3 is 0 Å². The summed E-state index contributed by atoms with van der Waals surface area (Å²) in [5.41, 5.74) is 0. The van der Waals surface area contributed by atoms with Crippen LogP contribution in [0.25, 0.3) is 0 Å². The maximum Gasteiger partial charge on any atom is 0.244 e. The van der Waals surface area contributed by atoms with E-state index in [0.29, 0.717) is 12.5 Å². The zero-order valence-corrected chi connectivity index (χ0v) is 12.2. The molecule has 0 fully saturated rings. The van der Waals surface area contributed by atoms with Crippen molar-refractivity contribution in [3.63, 3.8) is 0 Å². The molecular weight excluding hydrogens is 328 g/mol. The van der Waals surface area contributed by atoms with Crippen molar-refractivity contribution in [3.05, 3.63) is 28.2 Å². The van der Waals surface area contributed by atoms with Gasteiger partial charge in [0.15, 0.2) is 0 Å². The molecule has 18 heavy (non-hydrogen) atoms. The Kier molecular flexibility index (Phi) is 5.68. The first-order valence-corrected chi connectivity index (χ1v) is 7.80. The summed E-state index contributed by atoms with van der Waals surface area (Å²) < 4.78 is 52.2. The molecule has 0 amide bonds. The highest BCUT2D eigenvalue weighted by Gasteiger charge is 2.22. The molecule has 1 N–H and O–H groups in total. The van der Waals surface area contributed by atoms with Gasteiger partial charge in [0.25, 0.3) is 0 Å². The molecule has 0 aliphatic carbocycles. The summed E-state index contributed by atoms with van der Waals surface area (Å²) in [5, 5.41) is 0. The molecule has 102 valence electrons. The lowest BCUT2D eigenvalue weighted by Gasteiger charge is -2.09. The van der Waals surface area contributed by atoms with Crippen LogP contribution in [0.1, 0.15) is 26.2 Å². The minimum Gasteiger partial charge on any atom is -0.211 e.